The first-order chi connectivity index (χ1) is 9.46. The van der Waals surface area contributed by atoms with Crippen molar-refractivity contribution in [3.63, 3.8) is 0 Å². The van der Waals surface area contributed by atoms with Crippen LogP contribution in [0.5, 0.6) is 0 Å². The van der Waals surface area contributed by atoms with Crippen molar-refractivity contribution in [1.29, 1.82) is 0 Å². The van der Waals surface area contributed by atoms with Crippen LogP contribution in [-0.2, 0) is 14.8 Å². The molecule has 0 amide bonds. The lowest BCUT2D eigenvalue weighted by Gasteiger charge is -2.27. The highest BCUT2D eigenvalue weighted by Gasteiger charge is 2.30. The summed E-state index contributed by atoms with van der Waals surface area (Å²) in [5, 5.41) is 3.36. The highest BCUT2D eigenvalue weighted by atomic mass is 35.5. The molecule has 1 aromatic carbocycles. The van der Waals surface area contributed by atoms with Gasteiger partial charge in [-0.05, 0) is 18.2 Å². The predicted molar refractivity (Wildman–Crippen MR) is 81.7 cm³/mol. The number of nitrogens with zero attached hydrogens (tertiary/aromatic N) is 1. The average Bonchev–Trinajstić information content (AvgIpc) is 2.47. The van der Waals surface area contributed by atoms with E-state index in [1.165, 1.54) is 29.6 Å². The topological polar surface area (TPSA) is 75.7 Å². The van der Waals surface area contributed by atoms with E-state index >= 15 is 0 Å². The molecule has 1 N–H and O–H groups in total. The van der Waals surface area contributed by atoms with Gasteiger partial charge in [0.05, 0.1) is 17.6 Å². The minimum absolute atomic E-state index is 0. The highest BCUT2D eigenvalue weighted by Crippen LogP contribution is 2.24. The summed E-state index contributed by atoms with van der Waals surface area (Å²) in [4.78, 5) is 11.7. The minimum Gasteiger partial charge on any atom is -0.465 e. The van der Waals surface area contributed by atoms with Crippen molar-refractivity contribution in [2.75, 3.05) is 33.3 Å². The second-order valence-corrected chi connectivity index (χ2v) is 6.63. The molecule has 1 aromatic rings. The lowest BCUT2D eigenvalue weighted by Crippen LogP contribution is -2.46. The van der Waals surface area contributed by atoms with E-state index < -0.39 is 16.0 Å². The van der Waals surface area contributed by atoms with Crippen LogP contribution in [0.15, 0.2) is 23.1 Å². The highest BCUT2D eigenvalue weighted by molar-refractivity contribution is 7.89. The zero-order valence-corrected chi connectivity index (χ0v) is 13.7. The second kappa shape index (κ2) is 7.42. The van der Waals surface area contributed by atoms with Gasteiger partial charge < -0.3 is 10.1 Å². The van der Waals surface area contributed by atoms with Gasteiger partial charge in [0.2, 0.25) is 10.0 Å². The number of benzene rings is 1. The molecule has 1 heterocycles. The summed E-state index contributed by atoms with van der Waals surface area (Å²) < 4.78 is 31.1. The molecule has 0 saturated carbocycles. The molecule has 6 nitrogen and oxygen atoms in total. The maximum absolute atomic E-state index is 12.6. The van der Waals surface area contributed by atoms with E-state index in [0.29, 0.717) is 26.2 Å². The number of hydrogen-bond acceptors (Lipinski definition) is 5. The normalized spacial score (nSPS) is 16.1. The Morgan fingerprint density at radius 3 is 2.52 bits per heavy atom. The summed E-state index contributed by atoms with van der Waals surface area (Å²) in [6.45, 7) is 1.90. The standard InChI is InChI=1S/C12H15ClN2O4S.ClH/c1-19-12(16)10-8-9(13)2-3-11(10)20(17,18)15-6-4-14-5-7-15;/h2-3,8,14H,4-7H2,1H3;1H. The van der Waals surface area contributed by atoms with E-state index in [9.17, 15) is 13.2 Å². The van der Waals surface area contributed by atoms with Crippen molar-refractivity contribution in [2.24, 2.45) is 0 Å². The van der Waals surface area contributed by atoms with E-state index in [2.05, 4.69) is 10.1 Å². The van der Waals surface area contributed by atoms with Crippen LogP contribution in [-0.4, -0.2) is 52.0 Å². The van der Waals surface area contributed by atoms with E-state index in [1.807, 2.05) is 0 Å². The summed E-state index contributed by atoms with van der Waals surface area (Å²) in [5.74, 6) is -0.721. The van der Waals surface area contributed by atoms with Gasteiger partial charge >= 0.3 is 5.97 Å². The third-order valence-corrected chi connectivity index (χ3v) is 5.23. The Bertz CT molecular complexity index is 616. The molecule has 0 radical (unpaired) electrons. The van der Waals surface area contributed by atoms with Crippen LogP contribution in [0.25, 0.3) is 0 Å². The van der Waals surface area contributed by atoms with Crippen LogP contribution in [0.2, 0.25) is 5.02 Å². The first-order valence-corrected chi connectivity index (χ1v) is 7.87. The molecule has 1 aliphatic rings. The van der Waals surface area contributed by atoms with Gasteiger partial charge in [-0.2, -0.15) is 4.31 Å². The number of sulfonamides is 1. The third-order valence-electron chi connectivity index (χ3n) is 3.04. The number of ether oxygens (including phenoxy) is 1. The Morgan fingerprint density at radius 1 is 1.33 bits per heavy atom. The Labute approximate surface area is 134 Å². The van der Waals surface area contributed by atoms with Crippen LogP contribution in [0.4, 0.5) is 0 Å². The fourth-order valence-electron chi connectivity index (χ4n) is 2.02. The molecule has 21 heavy (non-hydrogen) atoms. The van der Waals surface area contributed by atoms with Crippen molar-refractivity contribution in [2.45, 2.75) is 4.90 Å². The van der Waals surface area contributed by atoms with Crippen molar-refractivity contribution < 1.29 is 17.9 Å². The van der Waals surface area contributed by atoms with Crippen molar-refractivity contribution in [3.05, 3.63) is 28.8 Å². The number of piperazine rings is 1. The lowest BCUT2D eigenvalue weighted by molar-refractivity contribution is 0.0596. The molecular formula is C12H16Cl2N2O4S. The number of hydrogen-bond donors (Lipinski definition) is 1. The number of nitrogens with one attached hydrogen (secondary N) is 1. The van der Waals surface area contributed by atoms with Gasteiger partial charge in [-0.25, -0.2) is 13.2 Å². The molecule has 1 fully saturated rings. The minimum atomic E-state index is -3.73. The van der Waals surface area contributed by atoms with Crippen LogP contribution in [0.3, 0.4) is 0 Å². The Balaban J connectivity index is 0.00000220. The van der Waals surface area contributed by atoms with Gasteiger partial charge in [0.25, 0.3) is 0 Å². The van der Waals surface area contributed by atoms with Gasteiger partial charge in [-0.15, -0.1) is 12.4 Å². The lowest BCUT2D eigenvalue weighted by atomic mass is 10.2. The molecule has 118 valence electrons. The van der Waals surface area contributed by atoms with Crippen LogP contribution in [0.1, 0.15) is 10.4 Å². The van der Waals surface area contributed by atoms with Crippen LogP contribution in [0, 0.1) is 0 Å². The maximum atomic E-state index is 12.6. The Hall–Kier alpha value is -0.860. The fourth-order valence-corrected chi connectivity index (χ4v) is 3.79. The Morgan fingerprint density at radius 2 is 1.95 bits per heavy atom. The van der Waals surface area contributed by atoms with Gasteiger partial charge in [0, 0.05) is 31.2 Å². The molecule has 2 rings (SSSR count). The van der Waals surface area contributed by atoms with Crippen molar-refractivity contribution >= 4 is 40.0 Å². The quantitative estimate of drug-likeness (QED) is 0.823. The molecule has 0 unspecified atom stereocenters. The summed E-state index contributed by atoms with van der Waals surface area (Å²) in [6, 6.07) is 4.09. The first-order valence-electron chi connectivity index (χ1n) is 6.05. The largest absolute Gasteiger partial charge is 0.465 e. The zero-order valence-electron chi connectivity index (χ0n) is 11.3. The third kappa shape index (κ3) is 3.87. The Kier molecular flexibility index (Phi) is 6.42. The zero-order chi connectivity index (χ0) is 14.8. The summed E-state index contributed by atoms with van der Waals surface area (Å²) in [5.41, 5.74) is -0.0430. The summed E-state index contributed by atoms with van der Waals surface area (Å²) in [7, 11) is -2.53. The van der Waals surface area contributed by atoms with E-state index in [-0.39, 0.29) is 27.9 Å². The number of methoxy groups -OCH3 is 1. The monoisotopic (exact) mass is 354 g/mol. The number of esters is 1. The van der Waals surface area contributed by atoms with Gasteiger partial charge in [0.1, 0.15) is 0 Å². The molecule has 0 bridgehead atoms. The number of carbonyl (C=O) groups is 1. The molecular weight excluding hydrogens is 339 g/mol. The number of carbonyl (C=O) groups excluding carboxylic acids is 1. The maximum Gasteiger partial charge on any atom is 0.339 e. The average molecular weight is 355 g/mol. The van der Waals surface area contributed by atoms with Crippen molar-refractivity contribution in [1.82, 2.24) is 9.62 Å². The smallest absolute Gasteiger partial charge is 0.339 e. The second-order valence-electron chi connectivity index (χ2n) is 4.29. The van der Waals surface area contributed by atoms with E-state index in [4.69, 9.17) is 11.6 Å². The molecule has 0 aliphatic carbocycles. The molecule has 1 saturated heterocycles. The molecule has 9 heteroatoms. The SMILES string of the molecule is COC(=O)c1cc(Cl)ccc1S(=O)(=O)N1CCNCC1.Cl. The number of halogens is 2. The molecule has 0 spiro atoms. The summed E-state index contributed by atoms with van der Waals surface area (Å²) >= 11 is 5.83. The first kappa shape index (κ1) is 18.2. The predicted octanol–water partition coefficient (Wildman–Crippen LogP) is 1.14. The van der Waals surface area contributed by atoms with Gasteiger partial charge in [0.15, 0.2) is 0 Å². The van der Waals surface area contributed by atoms with Gasteiger partial charge in [-0.1, -0.05) is 11.6 Å². The van der Waals surface area contributed by atoms with E-state index in [0.717, 1.165) is 0 Å². The molecule has 0 aromatic heterocycles. The molecule has 1 aliphatic heterocycles. The van der Waals surface area contributed by atoms with Crippen molar-refractivity contribution in [3.8, 4) is 0 Å². The van der Waals surface area contributed by atoms with Crippen LogP contribution >= 0.6 is 24.0 Å². The fraction of sp³-hybridized carbons (Fsp3) is 0.417. The van der Waals surface area contributed by atoms with Gasteiger partial charge in [-0.3, -0.25) is 0 Å². The van der Waals surface area contributed by atoms with Crippen LogP contribution < -0.4 is 5.32 Å². The molecule has 0 atom stereocenters. The number of rotatable bonds is 3. The summed E-state index contributed by atoms with van der Waals surface area (Å²) in [6.07, 6.45) is 0. The van der Waals surface area contributed by atoms with E-state index in [1.54, 1.807) is 0 Å².